The number of aliphatic carboxylic acids is 1. The molecule has 2 aromatic carbocycles. The molecule has 0 spiro atoms. The number of hydrogen-bond acceptors (Lipinski definition) is 5. The van der Waals surface area contributed by atoms with E-state index in [0.29, 0.717) is 0 Å². The van der Waals surface area contributed by atoms with Crippen molar-refractivity contribution >= 4 is 32.7 Å². The fourth-order valence-electron chi connectivity index (χ4n) is 2.15. The number of aliphatic hydroxyl groups is 1. The Bertz CT molecular complexity index is 924. The summed E-state index contributed by atoms with van der Waals surface area (Å²) in [5, 5.41) is 22.2. The van der Waals surface area contributed by atoms with Crippen molar-refractivity contribution < 1.29 is 28.2 Å². The zero-order valence-corrected chi connectivity index (χ0v) is 14.9. The van der Waals surface area contributed by atoms with Gasteiger partial charge in [-0.15, -0.1) is 0 Å². The molecule has 140 valence electrons. The summed E-state index contributed by atoms with van der Waals surface area (Å²) in [6.45, 7) is 0.423. The van der Waals surface area contributed by atoms with Gasteiger partial charge in [-0.2, -0.15) is 0 Å². The molecule has 2 aromatic rings. The molecule has 1 amide bonds. The zero-order valence-electron chi connectivity index (χ0n) is 14.1. The lowest BCUT2D eigenvalue weighted by molar-refractivity contribution is -0.156. The first-order chi connectivity index (χ1) is 12.1. The van der Waals surface area contributed by atoms with Gasteiger partial charge in [0, 0.05) is 13.0 Å². The van der Waals surface area contributed by atoms with E-state index < -0.39 is 34.0 Å². The number of carboxylic acid groups (broad SMARTS) is 1. The normalized spacial score (nSPS) is 13.9. The Morgan fingerprint density at radius 3 is 2.42 bits per heavy atom. The molecule has 0 heterocycles. The Morgan fingerprint density at radius 2 is 1.77 bits per heavy atom. The van der Waals surface area contributed by atoms with Gasteiger partial charge < -0.3 is 15.5 Å². The number of carbonyl (C=O) groups excluding carboxylic acids is 1. The highest BCUT2D eigenvalue weighted by Crippen LogP contribution is 2.18. The van der Waals surface area contributed by atoms with Crippen LogP contribution in [0.15, 0.2) is 47.4 Å². The molecule has 8 nitrogen and oxygen atoms in total. The topological polar surface area (TPSA) is 133 Å². The summed E-state index contributed by atoms with van der Waals surface area (Å²) in [4.78, 5) is 22.5. The molecule has 0 radical (unpaired) electrons. The quantitative estimate of drug-likeness (QED) is 0.526. The van der Waals surface area contributed by atoms with Crippen molar-refractivity contribution in [3.63, 3.8) is 0 Å². The molecule has 0 aliphatic heterocycles. The summed E-state index contributed by atoms with van der Waals surface area (Å²) in [6.07, 6.45) is -0.192. The van der Waals surface area contributed by atoms with Gasteiger partial charge in [-0.25, -0.2) is 17.9 Å². The van der Waals surface area contributed by atoms with Crippen LogP contribution in [0.5, 0.6) is 0 Å². The van der Waals surface area contributed by atoms with E-state index in [9.17, 15) is 23.1 Å². The molecule has 0 aliphatic carbocycles. The summed E-state index contributed by atoms with van der Waals surface area (Å²) in [6, 6.07) is 12.1. The number of sulfonamides is 1. The highest BCUT2D eigenvalue weighted by Gasteiger charge is 2.30. The first-order valence-corrected chi connectivity index (χ1v) is 9.31. The Labute approximate surface area is 150 Å². The third-order valence-corrected chi connectivity index (χ3v) is 5.22. The smallest absolute Gasteiger partial charge is 0.337 e. The second-order valence-electron chi connectivity index (χ2n) is 6.01. The molecule has 1 atom stereocenters. The van der Waals surface area contributed by atoms with Gasteiger partial charge >= 0.3 is 5.97 Å². The molecule has 0 aliphatic rings. The predicted molar refractivity (Wildman–Crippen MR) is 95.0 cm³/mol. The van der Waals surface area contributed by atoms with E-state index in [4.69, 9.17) is 5.11 Å². The minimum atomic E-state index is -3.78. The molecule has 0 fully saturated rings. The van der Waals surface area contributed by atoms with Crippen LogP contribution < -0.4 is 10.0 Å². The average Bonchev–Trinajstić information content (AvgIpc) is 2.59. The van der Waals surface area contributed by atoms with Gasteiger partial charge in [0.1, 0.15) is 0 Å². The van der Waals surface area contributed by atoms with E-state index in [-0.39, 0.29) is 17.9 Å². The number of hydrogen-bond donors (Lipinski definition) is 4. The molecular weight excluding hydrogens is 360 g/mol. The van der Waals surface area contributed by atoms with E-state index >= 15 is 0 Å². The second kappa shape index (κ2) is 7.81. The highest BCUT2D eigenvalue weighted by atomic mass is 32.2. The number of benzene rings is 2. The minimum absolute atomic E-state index is 0.0884. The van der Waals surface area contributed by atoms with Crippen molar-refractivity contribution in [3.05, 3.63) is 42.5 Å². The second-order valence-corrected chi connectivity index (χ2v) is 7.78. The van der Waals surface area contributed by atoms with Crippen LogP contribution >= 0.6 is 0 Å². The zero-order chi connectivity index (χ0) is 19.4. The molecular formula is C17H20N2O6S. The molecule has 26 heavy (non-hydrogen) atoms. The number of rotatable bonds is 8. The maximum atomic E-state index is 12.3. The maximum absolute atomic E-state index is 12.3. The Hall–Kier alpha value is -2.49. The number of fused-ring (bicyclic) bond motifs is 1. The molecule has 9 heteroatoms. The molecule has 1 unspecified atom stereocenters. The third kappa shape index (κ3) is 5.01. The lowest BCUT2D eigenvalue weighted by Crippen LogP contribution is -2.47. The van der Waals surface area contributed by atoms with Crippen LogP contribution in [0.3, 0.4) is 0 Å². The van der Waals surface area contributed by atoms with E-state index in [0.717, 1.165) is 17.7 Å². The summed E-state index contributed by atoms with van der Waals surface area (Å²) >= 11 is 0. The fraction of sp³-hybridized carbons (Fsp3) is 0.294. The van der Waals surface area contributed by atoms with Crippen molar-refractivity contribution in [1.29, 1.82) is 0 Å². The van der Waals surface area contributed by atoms with Gasteiger partial charge in [-0.3, -0.25) is 4.79 Å². The van der Waals surface area contributed by atoms with Crippen LogP contribution in [0.1, 0.15) is 13.3 Å². The average molecular weight is 380 g/mol. The minimum Gasteiger partial charge on any atom is -0.479 e. The molecule has 4 N–H and O–H groups in total. The van der Waals surface area contributed by atoms with Gasteiger partial charge in [0.15, 0.2) is 5.60 Å². The van der Waals surface area contributed by atoms with Crippen LogP contribution in [0.2, 0.25) is 0 Å². The maximum Gasteiger partial charge on any atom is 0.337 e. The summed E-state index contributed by atoms with van der Waals surface area (Å²) in [5.41, 5.74) is -2.08. The fourth-order valence-corrected chi connectivity index (χ4v) is 3.22. The van der Waals surface area contributed by atoms with Crippen molar-refractivity contribution in [1.82, 2.24) is 10.0 Å². The summed E-state index contributed by atoms with van der Waals surface area (Å²) in [5.74, 6) is -2.04. The van der Waals surface area contributed by atoms with Crippen molar-refractivity contribution in [3.8, 4) is 0 Å². The monoisotopic (exact) mass is 380 g/mol. The molecule has 2 rings (SSSR count). The third-order valence-electron chi connectivity index (χ3n) is 3.77. The summed E-state index contributed by atoms with van der Waals surface area (Å²) in [7, 11) is -3.78. The van der Waals surface area contributed by atoms with Crippen LogP contribution in [0, 0.1) is 0 Å². The first kappa shape index (κ1) is 19.8. The van der Waals surface area contributed by atoms with Crippen LogP contribution in [-0.2, 0) is 19.6 Å². The van der Waals surface area contributed by atoms with Crippen molar-refractivity contribution in [2.75, 3.05) is 13.1 Å². The van der Waals surface area contributed by atoms with Crippen LogP contribution in [-0.4, -0.2) is 49.2 Å². The SMILES string of the molecule is CC(O)(CNC(=O)CCNS(=O)(=O)c1ccc2ccccc2c1)C(=O)O. The summed E-state index contributed by atoms with van der Waals surface area (Å²) < 4.78 is 26.9. The first-order valence-electron chi connectivity index (χ1n) is 7.83. The van der Waals surface area contributed by atoms with Gasteiger partial charge in [0.25, 0.3) is 0 Å². The Morgan fingerprint density at radius 1 is 1.12 bits per heavy atom. The standard InChI is InChI=1S/C17H20N2O6S/c1-17(23,16(21)22)11-18-15(20)8-9-19-26(24,25)14-7-6-12-4-2-3-5-13(12)10-14/h2-7,10,19,23H,8-9,11H2,1H3,(H,18,20)(H,21,22). The molecule has 0 saturated heterocycles. The van der Waals surface area contributed by atoms with E-state index in [1.807, 2.05) is 18.2 Å². The van der Waals surface area contributed by atoms with Crippen LogP contribution in [0.4, 0.5) is 0 Å². The van der Waals surface area contributed by atoms with Gasteiger partial charge in [0.2, 0.25) is 15.9 Å². The highest BCUT2D eigenvalue weighted by molar-refractivity contribution is 7.89. The van der Waals surface area contributed by atoms with Crippen LogP contribution in [0.25, 0.3) is 10.8 Å². The van der Waals surface area contributed by atoms with E-state index in [1.165, 1.54) is 6.07 Å². The number of nitrogens with one attached hydrogen (secondary N) is 2. The van der Waals surface area contributed by atoms with Gasteiger partial charge in [-0.1, -0.05) is 30.3 Å². The lowest BCUT2D eigenvalue weighted by atomic mass is 10.1. The number of amides is 1. The van der Waals surface area contributed by atoms with Gasteiger partial charge in [-0.05, 0) is 29.8 Å². The van der Waals surface area contributed by atoms with E-state index in [1.54, 1.807) is 18.2 Å². The predicted octanol–water partition coefficient (Wildman–Crippen LogP) is 0.460. The Kier molecular flexibility index (Phi) is 5.96. The molecule has 0 aromatic heterocycles. The van der Waals surface area contributed by atoms with Crippen molar-refractivity contribution in [2.45, 2.75) is 23.8 Å². The van der Waals surface area contributed by atoms with Gasteiger partial charge in [0.05, 0.1) is 11.4 Å². The lowest BCUT2D eigenvalue weighted by Gasteiger charge is -2.18. The molecule has 0 bridgehead atoms. The Balaban J connectivity index is 1.91. The number of carboxylic acids is 1. The molecule has 0 saturated carbocycles. The van der Waals surface area contributed by atoms with Crippen molar-refractivity contribution in [2.24, 2.45) is 0 Å². The van der Waals surface area contributed by atoms with E-state index in [2.05, 4.69) is 10.0 Å². The number of carbonyl (C=O) groups is 2. The largest absolute Gasteiger partial charge is 0.479 e.